The van der Waals surface area contributed by atoms with E-state index in [0.717, 1.165) is 11.3 Å². The molecule has 0 fully saturated rings. The molecule has 1 rings (SSSR count). The van der Waals surface area contributed by atoms with Gasteiger partial charge in [-0.15, -0.1) is 11.3 Å². The first kappa shape index (κ1) is 15.1. The van der Waals surface area contributed by atoms with Crippen molar-refractivity contribution in [2.24, 2.45) is 11.5 Å². The van der Waals surface area contributed by atoms with Crippen molar-refractivity contribution in [3.8, 4) is 0 Å². The fourth-order valence-corrected chi connectivity index (χ4v) is 2.24. The number of carbonyl (C=O) groups excluding carboxylic acids is 3. The second-order valence-corrected chi connectivity index (χ2v) is 4.90. The average Bonchev–Trinajstić information content (AvgIpc) is 2.69. The van der Waals surface area contributed by atoms with Crippen molar-refractivity contribution in [2.75, 3.05) is 6.54 Å². The van der Waals surface area contributed by atoms with Gasteiger partial charge in [0.1, 0.15) is 0 Å². The molecule has 0 bridgehead atoms. The van der Waals surface area contributed by atoms with Gasteiger partial charge >= 0.3 is 18.3 Å². The van der Waals surface area contributed by atoms with Crippen molar-refractivity contribution in [2.45, 2.75) is 6.10 Å². The molecule has 0 aliphatic carbocycles. The summed E-state index contributed by atoms with van der Waals surface area (Å²) in [6.45, 7) is -0.147. The van der Waals surface area contributed by atoms with Gasteiger partial charge < -0.3 is 26.3 Å². The summed E-state index contributed by atoms with van der Waals surface area (Å²) in [5.41, 5.74) is 9.57. The topological polar surface area (TPSA) is 134 Å². The Morgan fingerprint density at radius 3 is 2.47 bits per heavy atom. The van der Waals surface area contributed by atoms with Gasteiger partial charge in [-0.1, -0.05) is 11.6 Å². The first-order valence-corrected chi connectivity index (χ1v) is 6.04. The van der Waals surface area contributed by atoms with Gasteiger partial charge in [-0.25, -0.2) is 14.4 Å². The summed E-state index contributed by atoms with van der Waals surface area (Å²) in [7, 11) is 0. The Balaban J connectivity index is 2.63. The average molecular weight is 308 g/mol. The predicted octanol–water partition coefficient (Wildman–Crippen LogP) is 1.34. The van der Waals surface area contributed by atoms with Crippen LogP contribution in [-0.2, 0) is 9.47 Å². The number of ether oxygens (including phenoxy) is 2. The number of alkyl carbamates (subject to hydrolysis) is 1. The van der Waals surface area contributed by atoms with Crippen molar-refractivity contribution < 1.29 is 23.9 Å². The van der Waals surface area contributed by atoms with E-state index in [1.54, 1.807) is 12.1 Å². The van der Waals surface area contributed by atoms with Crippen LogP contribution in [0.3, 0.4) is 0 Å². The molecule has 0 radical (unpaired) electrons. The SMILES string of the molecule is NC(=O)OC(=O)NC[C@@H](OC(N)=O)c1ccc(Cl)s1. The van der Waals surface area contributed by atoms with Gasteiger partial charge in [0.15, 0.2) is 6.10 Å². The Morgan fingerprint density at radius 2 is 2.00 bits per heavy atom. The van der Waals surface area contributed by atoms with Crippen LogP contribution in [0, 0.1) is 0 Å². The van der Waals surface area contributed by atoms with E-state index >= 15 is 0 Å². The zero-order chi connectivity index (χ0) is 14.4. The van der Waals surface area contributed by atoms with Gasteiger partial charge in [0, 0.05) is 4.88 Å². The summed E-state index contributed by atoms with van der Waals surface area (Å²) in [6, 6.07) is 3.21. The fraction of sp³-hybridized carbons (Fsp3) is 0.222. The summed E-state index contributed by atoms with van der Waals surface area (Å²) in [4.78, 5) is 32.7. The number of amides is 3. The maximum Gasteiger partial charge on any atom is 0.416 e. The quantitative estimate of drug-likeness (QED) is 0.722. The van der Waals surface area contributed by atoms with Gasteiger partial charge in [-0.05, 0) is 12.1 Å². The third kappa shape index (κ3) is 5.44. The number of thiophene rings is 1. The third-order valence-corrected chi connectivity index (χ3v) is 3.12. The molecule has 0 aromatic carbocycles. The van der Waals surface area contributed by atoms with E-state index in [0.29, 0.717) is 9.21 Å². The zero-order valence-electron chi connectivity index (χ0n) is 9.42. The summed E-state index contributed by atoms with van der Waals surface area (Å²) >= 11 is 6.90. The highest BCUT2D eigenvalue weighted by molar-refractivity contribution is 7.16. The molecule has 0 aliphatic heterocycles. The lowest BCUT2D eigenvalue weighted by atomic mass is 10.3. The molecule has 1 heterocycles. The largest absolute Gasteiger partial charge is 0.439 e. The number of nitrogens with one attached hydrogen (secondary N) is 1. The van der Waals surface area contributed by atoms with Crippen molar-refractivity contribution >= 4 is 41.2 Å². The van der Waals surface area contributed by atoms with Crippen LogP contribution in [0.1, 0.15) is 11.0 Å². The Hall–Kier alpha value is -2.00. The lowest BCUT2D eigenvalue weighted by molar-refractivity contribution is 0.104. The first-order valence-electron chi connectivity index (χ1n) is 4.85. The van der Waals surface area contributed by atoms with Crippen LogP contribution in [0.2, 0.25) is 4.34 Å². The monoisotopic (exact) mass is 307 g/mol. The molecular weight excluding hydrogens is 298 g/mol. The number of nitrogens with two attached hydrogens (primary N) is 2. The number of hydrogen-bond donors (Lipinski definition) is 3. The Kier molecular flexibility index (Phi) is 5.39. The van der Waals surface area contributed by atoms with Crippen LogP contribution in [0.15, 0.2) is 12.1 Å². The van der Waals surface area contributed by atoms with E-state index in [-0.39, 0.29) is 6.54 Å². The molecular formula is C9H10ClN3O5S. The molecule has 0 spiro atoms. The predicted molar refractivity (Wildman–Crippen MR) is 66.8 cm³/mol. The van der Waals surface area contributed by atoms with Crippen LogP contribution in [-0.4, -0.2) is 24.8 Å². The van der Waals surface area contributed by atoms with Crippen molar-refractivity contribution in [1.82, 2.24) is 5.32 Å². The van der Waals surface area contributed by atoms with Gasteiger partial charge in [-0.2, -0.15) is 0 Å². The lowest BCUT2D eigenvalue weighted by Gasteiger charge is -2.15. The minimum Gasteiger partial charge on any atom is -0.439 e. The molecule has 5 N–H and O–H groups in total. The minimum absolute atomic E-state index is 0.147. The van der Waals surface area contributed by atoms with Crippen LogP contribution in [0.5, 0.6) is 0 Å². The molecule has 3 amide bonds. The molecule has 10 heteroatoms. The first-order chi connectivity index (χ1) is 8.88. The summed E-state index contributed by atoms with van der Waals surface area (Å²) in [5.74, 6) is 0. The third-order valence-electron chi connectivity index (χ3n) is 1.79. The second kappa shape index (κ2) is 6.81. The molecule has 0 saturated heterocycles. The van der Waals surface area contributed by atoms with Crippen LogP contribution in [0.4, 0.5) is 14.4 Å². The van der Waals surface area contributed by atoms with Crippen LogP contribution < -0.4 is 16.8 Å². The van der Waals surface area contributed by atoms with Gasteiger partial charge in [0.2, 0.25) is 0 Å². The molecule has 8 nitrogen and oxygen atoms in total. The smallest absolute Gasteiger partial charge is 0.416 e. The van der Waals surface area contributed by atoms with Crippen molar-refractivity contribution in [3.63, 3.8) is 0 Å². The number of halogens is 1. The van der Waals surface area contributed by atoms with Crippen LogP contribution >= 0.6 is 22.9 Å². The highest BCUT2D eigenvalue weighted by atomic mass is 35.5. The van der Waals surface area contributed by atoms with Crippen molar-refractivity contribution in [1.29, 1.82) is 0 Å². The Bertz CT molecular complexity index is 492. The molecule has 0 aliphatic rings. The highest BCUT2D eigenvalue weighted by Gasteiger charge is 2.19. The fourth-order valence-electron chi connectivity index (χ4n) is 1.15. The molecule has 1 aromatic rings. The highest BCUT2D eigenvalue weighted by Crippen LogP contribution is 2.28. The number of hydrogen-bond acceptors (Lipinski definition) is 6. The van der Waals surface area contributed by atoms with E-state index in [1.807, 2.05) is 0 Å². The second-order valence-electron chi connectivity index (χ2n) is 3.16. The van der Waals surface area contributed by atoms with Gasteiger partial charge in [-0.3, -0.25) is 0 Å². The normalized spacial score (nSPS) is 11.4. The lowest BCUT2D eigenvalue weighted by Crippen LogP contribution is -2.34. The van der Waals surface area contributed by atoms with E-state index in [1.165, 1.54) is 0 Å². The van der Waals surface area contributed by atoms with Gasteiger partial charge in [0.05, 0.1) is 10.9 Å². The molecule has 0 unspecified atom stereocenters. The zero-order valence-corrected chi connectivity index (χ0v) is 11.0. The molecule has 19 heavy (non-hydrogen) atoms. The number of carbonyl (C=O) groups is 3. The number of primary amides is 2. The molecule has 0 saturated carbocycles. The number of rotatable bonds is 4. The van der Waals surface area contributed by atoms with E-state index in [9.17, 15) is 14.4 Å². The Labute approximate surface area is 116 Å². The molecule has 1 aromatic heterocycles. The Morgan fingerprint density at radius 1 is 1.32 bits per heavy atom. The van der Waals surface area contributed by atoms with Gasteiger partial charge in [0.25, 0.3) is 0 Å². The molecule has 104 valence electrons. The summed E-state index contributed by atoms with van der Waals surface area (Å²) < 4.78 is 9.33. The maximum absolute atomic E-state index is 11.1. The van der Waals surface area contributed by atoms with Crippen LogP contribution in [0.25, 0.3) is 0 Å². The maximum atomic E-state index is 11.1. The summed E-state index contributed by atoms with van der Waals surface area (Å²) in [5, 5.41) is 2.20. The standard InChI is InChI=1S/C9H10ClN3O5S/c10-6-2-1-5(19-6)4(17-7(11)14)3-13-9(16)18-8(12)15/h1-2,4H,3H2,(H2,11,14)(H2,12,15)(H,13,16)/t4-/m1/s1. The van der Waals surface area contributed by atoms with E-state index < -0.39 is 24.4 Å². The van der Waals surface area contributed by atoms with E-state index in [2.05, 4.69) is 15.8 Å². The van der Waals surface area contributed by atoms with Crippen molar-refractivity contribution in [3.05, 3.63) is 21.3 Å². The molecule has 1 atom stereocenters. The summed E-state index contributed by atoms with van der Waals surface area (Å²) in [6.07, 6.45) is -4.16. The van der Waals surface area contributed by atoms with E-state index in [4.69, 9.17) is 22.1 Å². The minimum atomic E-state index is -1.25.